The minimum Gasteiger partial charge on any atom is -0.396 e. The van der Waals surface area contributed by atoms with E-state index in [1.165, 1.54) is 0 Å². The summed E-state index contributed by atoms with van der Waals surface area (Å²) in [4.78, 5) is 48.8. The van der Waals surface area contributed by atoms with Crippen molar-refractivity contribution in [2.45, 2.75) is 56.5 Å². The van der Waals surface area contributed by atoms with Gasteiger partial charge in [0.2, 0.25) is 11.8 Å². The maximum Gasteiger partial charge on any atom is 0.250 e. The minimum atomic E-state index is -1.32. The van der Waals surface area contributed by atoms with Crippen LogP contribution < -0.4 is 4.90 Å². The SMILES string of the molecule is C[C@]12C=CCN(c3ccccc3)C(=O)[C@H]1[C@H]1C(=O)N(CCCCCCO)C3C(=O)N(Cn4nnc5ccccc54)CC=C[C@@]31O2. The molecule has 2 saturated heterocycles. The average Bonchev–Trinajstić information content (AvgIpc) is 3.57. The molecular formula is C34H38N6O5. The summed E-state index contributed by atoms with van der Waals surface area (Å²) in [6.45, 7) is 3.14. The lowest BCUT2D eigenvalue weighted by molar-refractivity contribution is -0.152. The van der Waals surface area contributed by atoms with E-state index in [1.807, 2.05) is 85.8 Å². The molecule has 0 saturated carbocycles. The van der Waals surface area contributed by atoms with Crippen LogP contribution in [0, 0.1) is 11.8 Å². The maximum atomic E-state index is 14.7. The molecule has 1 unspecified atom stereocenters. The highest BCUT2D eigenvalue weighted by Gasteiger charge is 2.74. The van der Waals surface area contributed by atoms with Gasteiger partial charge in [-0.2, -0.15) is 0 Å². The van der Waals surface area contributed by atoms with E-state index in [0.29, 0.717) is 32.5 Å². The first kappa shape index (κ1) is 29.4. The monoisotopic (exact) mass is 610 g/mol. The number of carbonyl (C=O) groups excluding carboxylic acids is 3. The van der Waals surface area contributed by atoms with Crippen molar-refractivity contribution in [3.05, 3.63) is 78.9 Å². The number of carbonyl (C=O) groups is 3. The van der Waals surface area contributed by atoms with Crippen LogP contribution in [-0.4, -0.2) is 91.1 Å². The quantitative estimate of drug-likeness (QED) is 0.292. The second kappa shape index (κ2) is 11.5. The van der Waals surface area contributed by atoms with Crippen molar-refractivity contribution in [3.63, 3.8) is 0 Å². The smallest absolute Gasteiger partial charge is 0.250 e. The van der Waals surface area contributed by atoms with Gasteiger partial charge in [0.05, 0.1) is 23.0 Å². The first-order valence-corrected chi connectivity index (χ1v) is 15.8. The summed E-state index contributed by atoms with van der Waals surface area (Å²) in [6, 6.07) is 16.1. The molecule has 3 aromatic rings. The first-order chi connectivity index (χ1) is 21.9. The molecule has 1 aromatic heterocycles. The number of ether oxygens (including phenoxy) is 1. The van der Waals surface area contributed by atoms with Gasteiger partial charge in [-0.3, -0.25) is 14.4 Å². The van der Waals surface area contributed by atoms with Gasteiger partial charge < -0.3 is 24.5 Å². The Morgan fingerprint density at radius 2 is 1.62 bits per heavy atom. The molecule has 7 rings (SSSR count). The summed E-state index contributed by atoms with van der Waals surface area (Å²) in [6.07, 6.45) is 10.6. The van der Waals surface area contributed by atoms with Gasteiger partial charge in [-0.1, -0.05) is 72.7 Å². The molecule has 4 aliphatic heterocycles. The van der Waals surface area contributed by atoms with Crippen LogP contribution in [0.4, 0.5) is 5.69 Å². The van der Waals surface area contributed by atoms with Gasteiger partial charge in [0.1, 0.15) is 23.8 Å². The van der Waals surface area contributed by atoms with Gasteiger partial charge in [-0.15, -0.1) is 5.10 Å². The second-order valence-corrected chi connectivity index (χ2v) is 12.5. The number of aliphatic hydroxyl groups excluding tert-OH is 1. The Hall–Kier alpha value is -4.35. The zero-order valence-electron chi connectivity index (χ0n) is 25.4. The number of aromatic nitrogens is 3. The van der Waals surface area contributed by atoms with E-state index in [4.69, 9.17) is 4.74 Å². The average molecular weight is 611 g/mol. The molecule has 234 valence electrons. The number of likely N-dealkylation sites (tertiary alicyclic amines) is 1. The zero-order chi connectivity index (χ0) is 31.2. The van der Waals surface area contributed by atoms with E-state index in [2.05, 4.69) is 10.3 Å². The van der Waals surface area contributed by atoms with Crippen LogP contribution >= 0.6 is 0 Å². The van der Waals surface area contributed by atoms with Crippen LogP contribution in [0.2, 0.25) is 0 Å². The van der Waals surface area contributed by atoms with Gasteiger partial charge in [0, 0.05) is 31.9 Å². The molecule has 1 N–H and O–H groups in total. The molecule has 11 heteroatoms. The van der Waals surface area contributed by atoms with Gasteiger partial charge in [-0.25, -0.2) is 4.68 Å². The maximum absolute atomic E-state index is 14.7. The molecule has 45 heavy (non-hydrogen) atoms. The van der Waals surface area contributed by atoms with Crippen molar-refractivity contribution in [1.82, 2.24) is 24.8 Å². The number of amides is 3. The topological polar surface area (TPSA) is 121 Å². The van der Waals surface area contributed by atoms with E-state index < -0.39 is 29.1 Å². The van der Waals surface area contributed by atoms with E-state index in [9.17, 15) is 19.5 Å². The molecule has 5 atom stereocenters. The number of hydrogen-bond donors (Lipinski definition) is 1. The van der Waals surface area contributed by atoms with E-state index in [0.717, 1.165) is 29.6 Å². The molecule has 0 radical (unpaired) electrons. The molecule has 1 spiro atoms. The Bertz CT molecular complexity index is 1670. The van der Waals surface area contributed by atoms with Gasteiger partial charge >= 0.3 is 0 Å². The first-order valence-electron chi connectivity index (χ1n) is 15.8. The lowest BCUT2D eigenvalue weighted by Crippen LogP contribution is -2.56. The third-order valence-corrected chi connectivity index (χ3v) is 9.74. The van der Waals surface area contributed by atoms with E-state index >= 15 is 0 Å². The highest BCUT2D eigenvalue weighted by Crippen LogP contribution is 2.57. The summed E-state index contributed by atoms with van der Waals surface area (Å²) in [5.74, 6) is -2.38. The Kier molecular flexibility index (Phi) is 7.53. The van der Waals surface area contributed by atoms with Crippen molar-refractivity contribution >= 4 is 34.4 Å². The van der Waals surface area contributed by atoms with E-state index in [-0.39, 0.29) is 31.0 Å². The normalized spacial score (nSPS) is 29.2. The van der Waals surface area contributed by atoms with Crippen LogP contribution in [0.25, 0.3) is 11.0 Å². The molecule has 2 aromatic carbocycles. The number of rotatable bonds is 9. The van der Waals surface area contributed by atoms with Crippen molar-refractivity contribution < 1.29 is 24.2 Å². The summed E-state index contributed by atoms with van der Waals surface area (Å²) < 4.78 is 8.65. The molecule has 5 heterocycles. The number of hydrogen-bond acceptors (Lipinski definition) is 7. The largest absolute Gasteiger partial charge is 0.396 e. The molecule has 2 fully saturated rings. The Morgan fingerprint density at radius 1 is 0.867 bits per heavy atom. The fourth-order valence-electron chi connectivity index (χ4n) is 7.71. The lowest BCUT2D eigenvalue weighted by Gasteiger charge is -2.37. The predicted molar refractivity (Wildman–Crippen MR) is 167 cm³/mol. The number of aliphatic hydroxyl groups is 1. The number of nitrogens with zero attached hydrogens (tertiary/aromatic N) is 6. The van der Waals surface area contributed by atoms with Crippen LogP contribution in [0.3, 0.4) is 0 Å². The fourth-order valence-corrected chi connectivity index (χ4v) is 7.71. The lowest BCUT2D eigenvalue weighted by atomic mass is 9.74. The van der Waals surface area contributed by atoms with Crippen LogP contribution in [0.15, 0.2) is 78.9 Å². The summed E-state index contributed by atoms with van der Waals surface area (Å²) in [5, 5.41) is 17.8. The fraction of sp³-hybridized carbons (Fsp3) is 0.441. The van der Waals surface area contributed by atoms with Crippen molar-refractivity contribution in [1.29, 1.82) is 0 Å². The Morgan fingerprint density at radius 3 is 2.44 bits per heavy atom. The molecule has 3 amide bonds. The van der Waals surface area contributed by atoms with E-state index in [1.54, 1.807) is 19.4 Å². The standard InChI is InChI=1S/C34H38N6O5/c1-33-17-11-21-38(24-13-5-4-6-14-24)30(42)27(33)28-31(43)39(20-9-2-3-10-22-41)29-32(44)37(19-12-18-34(28,29)45-33)23-40-26-16-8-7-15-25(26)35-36-40/h4-8,11-18,27-29,41H,2-3,9-10,19-23H2,1H3/t27-,28+,29?,33+,34+/m1/s1. The van der Waals surface area contributed by atoms with Crippen LogP contribution in [-0.2, 0) is 25.8 Å². The highest BCUT2D eigenvalue weighted by molar-refractivity contribution is 6.04. The third kappa shape index (κ3) is 4.76. The molecule has 11 nitrogen and oxygen atoms in total. The van der Waals surface area contributed by atoms with Crippen molar-refractivity contribution in [3.8, 4) is 0 Å². The highest BCUT2D eigenvalue weighted by atomic mass is 16.5. The number of unbranched alkanes of at least 4 members (excludes halogenated alkanes) is 3. The van der Waals surface area contributed by atoms with Crippen LogP contribution in [0.5, 0.6) is 0 Å². The number of benzene rings is 2. The molecule has 0 bridgehead atoms. The van der Waals surface area contributed by atoms with Crippen LogP contribution in [0.1, 0.15) is 32.6 Å². The number of fused-ring (bicyclic) bond motifs is 3. The Balaban J connectivity index is 1.27. The number of para-hydroxylation sites is 2. The summed E-state index contributed by atoms with van der Waals surface area (Å²) in [5.41, 5.74) is -0.129. The molecule has 4 aliphatic rings. The van der Waals surface area contributed by atoms with Crippen molar-refractivity contribution in [2.24, 2.45) is 11.8 Å². The predicted octanol–water partition coefficient (Wildman–Crippen LogP) is 2.91. The zero-order valence-corrected chi connectivity index (χ0v) is 25.4. The Labute approximate surface area is 261 Å². The molecular weight excluding hydrogens is 572 g/mol. The minimum absolute atomic E-state index is 0.118. The summed E-state index contributed by atoms with van der Waals surface area (Å²) >= 11 is 0. The van der Waals surface area contributed by atoms with Crippen molar-refractivity contribution in [2.75, 3.05) is 31.1 Å². The van der Waals surface area contributed by atoms with Gasteiger partial charge in [-0.05, 0) is 44.0 Å². The number of anilines is 1. The second-order valence-electron chi connectivity index (χ2n) is 12.5. The van der Waals surface area contributed by atoms with Gasteiger partial charge in [0.25, 0.3) is 5.91 Å². The third-order valence-electron chi connectivity index (χ3n) is 9.74. The van der Waals surface area contributed by atoms with Gasteiger partial charge in [0.15, 0.2) is 0 Å². The summed E-state index contributed by atoms with van der Waals surface area (Å²) in [7, 11) is 0. The molecule has 0 aliphatic carbocycles.